The van der Waals surface area contributed by atoms with Crippen molar-refractivity contribution in [2.24, 2.45) is 0 Å². The van der Waals surface area contributed by atoms with E-state index in [2.05, 4.69) is 14.9 Å². The van der Waals surface area contributed by atoms with Crippen molar-refractivity contribution in [1.82, 2.24) is 19.8 Å². The van der Waals surface area contributed by atoms with E-state index in [1.165, 1.54) is 18.7 Å². The zero-order valence-electron chi connectivity index (χ0n) is 15.9. The molecule has 8 nitrogen and oxygen atoms in total. The Morgan fingerprint density at radius 3 is 2.71 bits per heavy atom. The lowest BCUT2D eigenvalue weighted by molar-refractivity contribution is -0.142. The van der Waals surface area contributed by atoms with E-state index in [0.29, 0.717) is 29.8 Å². The van der Waals surface area contributed by atoms with Gasteiger partial charge in [0.2, 0.25) is 5.91 Å². The number of hydrogen-bond acceptors (Lipinski definition) is 8. The average molecular weight is 404 g/mol. The second kappa shape index (κ2) is 10.2. The standard InChI is InChI=1S/C19H24N4O4S/c1-15(24)26-13-17-5-4-16(27-17)12-22-8-3-9-23(11-10-22)18(25)14-28-19-20-6-2-7-21-19/h2,4-7H,3,8-14H2,1H3. The van der Waals surface area contributed by atoms with Gasteiger partial charge in [-0.3, -0.25) is 14.5 Å². The molecule has 3 heterocycles. The number of esters is 1. The highest BCUT2D eigenvalue weighted by Crippen LogP contribution is 2.16. The van der Waals surface area contributed by atoms with E-state index < -0.39 is 0 Å². The average Bonchev–Trinajstić information content (AvgIpc) is 3.01. The Morgan fingerprint density at radius 1 is 1.14 bits per heavy atom. The Labute approximate surface area is 168 Å². The van der Waals surface area contributed by atoms with Gasteiger partial charge in [0.1, 0.15) is 18.1 Å². The number of amides is 1. The first-order chi connectivity index (χ1) is 13.6. The summed E-state index contributed by atoms with van der Waals surface area (Å²) < 4.78 is 10.7. The van der Waals surface area contributed by atoms with Crippen LogP contribution in [0.4, 0.5) is 0 Å². The fourth-order valence-electron chi connectivity index (χ4n) is 2.93. The Morgan fingerprint density at radius 2 is 1.93 bits per heavy atom. The Kier molecular flexibility index (Phi) is 7.44. The van der Waals surface area contributed by atoms with Crippen molar-refractivity contribution in [3.05, 3.63) is 42.1 Å². The van der Waals surface area contributed by atoms with Gasteiger partial charge in [0, 0.05) is 45.5 Å². The summed E-state index contributed by atoms with van der Waals surface area (Å²) in [6.07, 6.45) is 4.27. The van der Waals surface area contributed by atoms with Gasteiger partial charge in [-0.15, -0.1) is 0 Å². The molecule has 150 valence electrons. The molecular weight excluding hydrogens is 380 g/mol. The monoisotopic (exact) mass is 404 g/mol. The molecule has 9 heteroatoms. The van der Waals surface area contributed by atoms with E-state index in [1.807, 2.05) is 17.0 Å². The molecule has 0 radical (unpaired) electrons. The molecule has 2 aromatic rings. The highest BCUT2D eigenvalue weighted by molar-refractivity contribution is 7.99. The molecule has 0 bridgehead atoms. The van der Waals surface area contributed by atoms with Crippen molar-refractivity contribution in [1.29, 1.82) is 0 Å². The normalized spacial score (nSPS) is 15.2. The smallest absolute Gasteiger partial charge is 0.303 e. The lowest BCUT2D eigenvalue weighted by atomic mass is 10.3. The number of nitrogens with zero attached hydrogens (tertiary/aromatic N) is 4. The topological polar surface area (TPSA) is 88.8 Å². The van der Waals surface area contributed by atoms with Crippen LogP contribution in [0.1, 0.15) is 24.9 Å². The predicted octanol–water partition coefficient (Wildman–Crippen LogP) is 1.96. The van der Waals surface area contributed by atoms with Gasteiger partial charge in [-0.05, 0) is 24.6 Å². The molecule has 0 atom stereocenters. The number of carbonyl (C=O) groups excluding carboxylic acids is 2. The Hall–Kier alpha value is -2.39. The SMILES string of the molecule is CC(=O)OCc1ccc(CN2CCCN(C(=O)CSc3ncccn3)CC2)o1. The third-order valence-electron chi connectivity index (χ3n) is 4.32. The predicted molar refractivity (Wildman–Crippen MR) is 103 cm³/mol. The molecule has 0 saturated carbocycles. The van der Waals surface area contributed by atoms with E-state index >= 15 is 0 Å². The van der Waals surface area contributed by atoms with Gasteiger partial charge in [-0.1, -0.05) is 11.8 Å². The summed E-state index contributed by atoms with van der Waals surface area (Å²) >= 11 is 1.36. The zero-order chi connectivity index (χ0) is 19.8. The lowest BCUT2D eigenvalue weighted by Crippen LogP contribution is -2.36. The minimum atomic E-state index is -0.327. The van der Waals surface area contributed by atoms with Crippen molar-refractivity contribution < 1.29 is 18.7 Å². The van der Waals surface area contributed by atoms with Crippen molar-refractivity contribution in [3.8, 4) is 0 Å². The summed E-state index contributed by atoms with van der Waals surface area (Å²) in [5, 5.41) is 0.620. The van der Waals surface area contributed by atoms with Crippen LogP contribution >= 0.6 is 11.8 Å². The summed E-state index contributed by atoms with van der Waals surface area (Å²) in [5.41, 5.74) is 0. The van der Waals surface area contributed by atoms with Crippen LogP contribution in [-0.4, -0.2) is 63.6 Å². The molecule has 0 spiro atoms. The summed E-state index contributed by atoms with van der Waals surface area (Å²) in [4.78, 5) is 35.8. The third-order valence-corrected chi connectivity index (χ3v) is 5.18. The van der Waals surface area contributed by atoms with Crippen LogP contribution in [0, 0.1) is 0 Å². The molecule has 0 N–H and O–H groups in total. The first-order valence-electron chi connectivity index (χ1n) is 9.21. The number of ether oxygens (including phenoxy) is 1. The minimum absolute atomic E-state index is 0.112. The van der Waals surface area contributed by atoms with Gasteiger partial charge in [0.05, 0.1) is 12.3 Å². The van der Waals surface area contributed by atoms with Gasteiger partial charge in [-0.2, -0.15) is 0 Å². The van der Waals surface area contributed by atoms with E-state index in [0.717, 1.165) is 31.8 Å². The molecule has 28 heavy (non-hydrogen) atoms. The summed E-state index contributed by atoms with van der Waals surface area (Å²) in [6.45, 7) is 5.34. The Balaban J connectivity index is 1.44. The van der Waals surface area contributed by atoms with Crippen LogP contribution in [-0.2, 0) is 27.5 Å². The highest BCUT2D eigenvalue weighted by Gasteiger charge is 2.20. The quantitative estimate of drug-likeness (QED) is 0.393. The van der Waals surface area contributed by atoms with Crippen molar-refractivity contribution in [2.45, 2.75) is 31.7 Å². The maximum Gasteiger partial charge on any atom is 0.303 e. The molecule has 0 aromatic carbocycles. The number of carbonyl (C=O) groups is 2. The van der Waals surface area contributed by atoms with Gasteiger partial charge in [0.15, 0.2) is 5.16 Å². The molecule has 3 rings (SSSR count). The summed E-state index contributed by atoms with van der Waals surface area (Å²) in [7, 11) is 0. The number of furan rings is 1. The molecule has 1 aliphatic heterocycles. The zero-order valence-corrected chi connectivity index (χ0v) is 16.7. The second-order valence-corrected chi connectivity index (χ2v) is 7.42. The van der Waals surface area contributed by atoms with Gasteiger partial charge in [0.25, 0.3) is 0 Å². The summed E-state index contributed by atoms with van der Waals surface area (Å²) in [5.74, 6) is 1.60. The van der Waals surface area contributed by atoms with Crippen LogP contribution < -0.4 is 0 Å². The second-order valence-electron chi connectivity index (χ2n) is 6.48. The molecule has 1 saturated heterocycles. The maximum absolute atomic E-state index is 12.5. The fraction of sp³-hybridized carbons (Fsp3) is 0.474. The first kappa shape index (κ1) is 20.3. The largest absolute Gasteiger partial charge is 0.461 e. The van der Waals surface area contributed by atoms with Crippen molar-refractivity contribution in [3.63, 3.8) is 0 Å². The molecule has 0 unspecified atom stereocenters. The van der Waals surface area contributed by atoms with E-state index in [9.17, 15) is 9.59 Å². The fourth-order valence-corrected chi connectivity index (χ4v) is 3.64. The minimum Gasteiger partial charge on any atom is -0.461 e. The Bertz CT molecular complexity index is 783. The maximum atomic E-state index is 12.5. The van der Waals surface area contributed by atoms with Crippen LogP contribution in [0.25, 0.3) is 0 Å². The van der Waals surface area contributed by atoms with Crippen molar-refractivity contribution >= 4 is 23.6 Å². The van der Waals surface area contributed by atoms with Crippen LogP contribution in [0.2, 0.25) is 0 Å². The molecule has 2 aromatic heterocycles. The third kappa shape index (κ3) is 6.35. The molecule has 1 amide bonds. The number of hydrogen-bond donors (Lipinski definition) is 0. The lowest BCUT2D eigenvalue weighted by Gasteiger charge is -2.21. The van der Waals surface area contributed by atoms with E-state index in [4.69, 9.17) is 9.15 Å². The van der Waals surface area contributed by atoms with Crippen LogP contribution in [0.3, 0.4) is 0 Å². The molecule has 1 aliphatic rings. The van der Waals surface area contributed by atoms with Gasteiger partial charge < -0.3 is 14.1 Å². The van der Waals surface area contributed by atoms with Crippen molar-refractivity contribution in [2.75, 3.05) is 31.9 Å². The van der Waals surface area contributed by atoms with E-state index in [1.54, 1.807) is 18.5 Å². The summed E-state index contributed by atoms with van der Waals surface area (Å²) in [6, 6.07) is 5.49. The van der Waals surface area contributed by atoms with E-state index in [-0.39, 0.29) is 18.5 Å². The number of aromatic nitrogens is 2. The van der Waals surface area contributed by atoms with Crippen LogP contribution in [0.5, 0.6) is 0 Å². The first-order valence-corrected chi connectivity index (χ1v) is 10.2. The highest BCUT2D eigenvalue weighted by atomic mass is 32.2. The molecule has 0 aliphatic carbocycles. The molecular formula is C19H24N4O4S. The van der Waals surface area contributed by atoms with Gasteiger partial charge in [-0.25, -0.2) is 9.97 Å². The van der Waals surface area contributed by atoms with Gasteiger partial charge >= 0.3 is 5.97 Å². The molecule has 1 fully saturated rings. The van der Waals surface area contributed by atoms with Crippen LogP contribution in [0.15, 0.2) is 40.2 Å². The number of thioether (sulfide) groups is 1. The number of rotatable bonds is 7.